The Labute approximate surface area is 139 Å². The van der Waals surface area contributed by atoms with Crippen LogP contribution >= 0.6 is 0 Å². The molecule has 0 aromatic heterocycles. The summed E-state index contributed by atoms with van der Waals surface area (Å²) in [5.41, 5.74) is 0.846. The van der Waals surface area contributed by atoms with Crippen molar-refractivity contribution in [2.75, 3.05) is 6.61 Å². The molecule has 2 unspecified atom stereocenters. The minimum Gasteiger partial charge on any atom is -0.466 e. The van der Waals surface area contributed by atoms with Crippen molar-refractivity contribution in [3.63, 3.8) is 0 Å². The highest BCUT2D eigenvalue weighted by atomic mass is 32.2. The van der Waals surface area contributed by atoms with Crippen LogP contribution < -0.4 is 4.72 Å². The third-order valence-corrected chi connectivity index (χ3v) is 5.69. The number of fused-ring (bicyclic) bond motifs is 1. The number of ether oxygens (including phenoxy) is 1. The van der Waals surface area contributed by atoms with Gasteiger partial charge in [-0.2, -0.15) is 0 Å². The summed E-state index contributed by atoms with van der Waals surface area (Å²) < 4.78 is 34.0. The quantitative estimate of drug-likeness (QED) is 0.838. The van der Waals surface area contributed by atoms with Crippen LogP contribution in [0, 0.1) is 5.82 Å². The highest BCUT2D eigenvalue weighted by molar-refractivity contribution is 7.84. The van der Waals surface area contributed by atoms with E-state index in [0.717, 1.165) is 5.56 Å². The van der Waals surface area contributed by atoms with Gasteiger partial charge in [0, 0.05) is 0 Å². The van der Waals surface area contributed by atoms with Gasteiger partial charge in [0.25, 0.3) is 0 Å². The van der Waals surface area contributed by atoms with E-state index in [-0.39, 0.29) is 24.8 Å². The molecule has 0 aliphatic heterocycles. The molecule has 1 aliphatic carbocycles. The minimum atomic E-state index is -1.38. The lowest BCUT2D eigenvalue weighted by atomic mass is 9.89. The number of benzene rings is 1. The van der Waals surface area contributed by atoms with Gasteiger partial charge in [-0.05, 0) is 63.8 Å². The van der Waals surface area contributed by atoms with Gasteiger partial charge in [0.05, 0.1) is 34.3 Å². The number of hydrogen-bond donors (Lipinski definition) is 1. The average Bonchev–Trinajstić information content (AvgIpc) is 2.76. The first kappa shape index (κ1) is 18.1. The molecule has 0 saturated carbocycles. The molecular weight excluding hydrogens is 317 g/mol. The molecule has 0 bridgehead atoms. The number of hydrogen-bond acceptors (Lipinski definition) is 3. The second kappa shape index (κ2) is 6.69. The van der Waals surface area contributed by atoms with Crippen molar-refractivity contribution in [1.82, 2.24) is 4.72 Å². The van der Waals surface area contributed by atoms with Gasteiger partial charge in [-0.15, -0.1) is 0 Å². The Morgan fingerprint density at radius 2 is 2.13 bits per heavy atom. The van der Waals surface area contributed by atoms with Gasteiger partial charge in [-0.25, -0.2) is 13.3 Å². The normalized spacial score (nSPS) is 21.8. The van der Waals surface area contributed by atoms with E-state index < -0.39 is 21.3 Å². The number of esters is 1. The van der Waals surface area contributed by atoms with E-state index in [2.05, 4.69) is 4.72 Å². The second-order valence-electron chi connectivity index (χ2n) is 6.85. The molecule has 1 N–H and O–H groups in total. The van der Waals surface area contributed by atoms with Gasteiger partial charge < -0.3 is 4.74 Å². The van der Waals surface area contributed by atoms with Crippen LogP contribution in [-0.4, -0.2) is 21.5 Å². The summed E-state index contributed by atoms with van der Waals surface area (Å²) in [5, 5.41) is 0. The molecule has 6 heteroatoms. The summed E-state index contributed by atoms with van der Waals surface area (Å²) in [6, 6.07) is 4.59. The number of rotatable bonds is 5. The van der Waals surface area contributed by atoms with Gasteiger partial charge in [0.2, 0.25) is 0 Å². The standard InChI is InChI=1S/C17H24FNO3S/c1-5-22-15(20)11-17(19-23(21)16(2,3)4)9-8-12-6-7-13(18)10-14(12)17/h6-7,10,19H,5,8-9,11H2,1-4H3. The molecule has 0 spiro atoms. The van der Waals surface area contributed by atoms with Crippen molar-refractivity contribution >= 4 is 17.0 Å². The van der Waals surface area contributed by atoms with Crippen molar-refractivity contribution in [3.8, 4) is 0 Å². The Kier molecular flexibility index (Phi) is 5.26. The Morgan fingerprint density at radius 3 is 2.74 bits per heavy atom. The first-order valence-electron chi connectivity index (χ1n) is 7.82. The summed E-state index contributed by atoms with van der Waals surface area (Å²) in [7, 11) is -1.38. The fourth-order valence-corrected chi connectivity index (χ4v) is 3.75. The number of nitrogens with one attached hydrogen (secondary N) is 1. The largest absolute Gasteiger partial charge is 0.466 e. The van der Waals surface area contributed by atoms with Gasteiger partial charge in [-0.1, -0.05) is 6.07 Å². The maximum atomic E-state index is 13.7. The molecule has 1 aromatic carbocycles. The van der Waals surface area contributed by atoms with Crippen LogP contribution in [0.4, 0.5) is 4.39 Å². The first-order chi connectivity index (χ1) is 10.7. The summed E-state index contributed by atoms with van der Waals surface area (Å²) in [5.74, 6) is -0.731. The van der Waals surface area contributed by atoms with E-state index in [9.17, 15) is 13.4 Å². The predicted molar refractivity (Wildman–Crippen MR) is 88.7 cm³/mol. The monoisotopic (exact) mass is 341 g/mol. The predicted octanol–water partition coefficient (Wildman–Crippen LogP) is 2.97. The topological polar surface area (TPSA) is 55.4 Å². The highest BCUT2D eigenvalue weighted by Gasteiger charge is 2.43. The molecule has 2 atom stereocenters. The number of aryl methyl sites for hydroxylation is 1. The highest BCUT2D eigenvalue weighted by Crippen LogP contribution is 2.41. The van der Waals surface area contributed by atoms with Crippen molar-refractivity contribution in [2.45, 2.75) is 57.2 Å². The third-order valence-electron chi connectivity index (χ3n) is 4.00. The summed E-state index contributed by atoms with van der Waals surface area (Å²) in [6.45, 7) is 7.60. The van der Waals surface area contributed by atoms with E-state index in [1.165, 1.54) is 12.1 Å². The number of carbonyl (C=O) groups is 1. The van der Waals surface area contributed by atoms with Gasteiger partial charge in [0.1, 0.15) is 5.82 Å². The smallest absolute Gasteiger partial charge is 0.308 e. The molecule has 0 radical (unpaired) electrons. The lowest BCUT2D eigenvalue weighted by Gasteiger charge is -2.33. The van der Waals surface area contributed by atoms with Crippen LogP contribution in [0.15, 0.2) is 18.2 Å². The van der Waals surface area contributed by atoms with Gasteiger partial charge in [0.15, 0.2) is 0 Å². The SMILES string of the molecule is CCOC(=O)CC1(NS(=O)C(C)(C)C)CCc2ccc(F)cc21. The molecule has 2 rings (SSSR count). The minimum absolute atomic E-state index is 0.0408. The Morgan fingerprint density at radius 1 is 1.43 bits per heavy atom. The zero-order chi connectivity index (χ0) is 17.3. The zero-order valence-electron chi connectivity index (χ0n) is 14.1. The zero-order valence-corrected chi connectivity index (χ0v) is 14.9. The molecule has 0 fully saturated rings. The van der Waals surface area contributed by atoms with Crippen LogP contribution in [0.1, 0.15) is 51.7 Å². The Bertz CT molecular complexity index is 627. The van der Waals surface area contributed by atoms with Crippen molar-refractivity contribution < 1.29 is 18.1 Å². The number of halogens is 1. The summed E-state index contributed by atoms with van der Waals surface area (Å²) in [4.78, 5) is 12.1. The molecule has 1 aromatic rings. The maximum Gasteiger partial charge on any atom is 0.308 e. The lowest BCUT2D eigenvalue weighted by Crippen LogP contribution is -2.48. The molecule has 128 valence electrons. The van der Waals surface area contributed by atoms with Crippen LogP contribution in [0.25, 0.3) is 0 Å². The van der Waals surface area contributed by atoms with Crippen molar-refractivity contribution in [3.05, 3.63) is 35.1 Å². The Hall–Kier alpha value is -1.27. The summed E-state index contributed by atoms with van der Waals surface area (Å²) >= 11 is 0. The second-order valence-corrected chi connectivity index (χ2v) is 8.81. The first-order valence-corrected chi connectivity index (χ1v) is 8.97. The average molecular weight is 341 g/mol. The third kappa shape index (κ3) is 3.98. The molecule has 0 saturated heterocycles. The summed E-state index contributed by atoms with van der Waals surface area (Å²) in [6.07, 6.45) is 1.34. The van der Waals surface area contributed by atoms with E-state index in [1.54, 1.807) is 13.0 Å². The lowest BCUT2D eigenvalue weighted by molar-refractivity contribution is -0.144. The van der Waals surface area contributed by atoms with Crippen LogP contribution in [0.5, 0.6) is 0 Å². The fraction of sp³-hybridized carbons (Fsp3) is 0.588. The molecule has 23 heavy (non-hydrogen) atoms. The van der Waals surface area contributed by atoms with Gasteiger partial charge >= 0.3 is 5.97 Å². The van der Waals surface area contributed by atoms with E-state index in [4.69, 9.17) is 4.74 Å². The molecule has 0 amide bonds. The van der Waals surface area contributed by atoms with E-state index in [1.807, 2.05) is 20.8 Å². The number of carbonyl (C=O) groups excluding carboxylic acids is 1. The molecule has 4 nitrogen and oxygen atoms in total. The van der Waals surface area contributed by atoms with Gasteiger partial charge in [-0.3, -0.25) is 4.79 Å². The Balaban J connectivity index is 2.40. The van der Waals surface area contributed by atoms with Crippen LogP contribution in [0.3, 0.4) is 0 Å². The molecule has 1 aliphatic rings. The maximum absolute atomic E-state index is 13.7. The van der Waals surface area contributed by atoms with E-state index in [0.29, 0.717) is 18.4 Å². The molecular formula is C17H24FNO3S. The van der Waals surface area contributed by atoms with E-state index >= 15 is 0 Å². The van der Waals surface area contributed by atoms with Crippen LogP contribution in [-0.2, 0) is 32.5 Å². The fourth-order valence-electron chi connectivity index (χ4n) is 2.81. The van der Waals surface area contributed by atoms with Crippen LogP contribution in [0.2, 0.25) is 0 Å². The van der Waals surface area contributed by atoms with Crippen molar-refractivity contribution in [2.24, 2.45) is 0 Å². The van der Waals surface area contributed by atoms with Crippen molar-refractivity contribution in [1.29, 1.82) is 0 Å². The molecule has 0 heterocycles.